The number of benzene rings is 3. The molecule has 30 heavy (non-hydrogen) atoms. The summed E-state index contributed by atoms with van der Waals surface area (Å²) in [5.74, 6) is 0.985. The van der Waals surface area contributed by atoms with Crippen LogP contribution in [0.2, 0.25) is 0 Å². The van der Waals surface area contributed by atoms with E-state index in [4.69, 9.17) is 4.74 Å². The number of halogens is 6. The molecule has 3 rings (SSSR count). The van der Waals surface area contributed by atoms with E-state index in [0.717, 1.165) is 5.75 Å². The zero-order valence-electron chi connectivity index (χ0n) is 16.5. The minimum absolute atomic E-state index is 0.101. The van der Waals surface area contributed by atoms with Crippen molar-refractivity contribution in [1.82, 2.24) is 0 Å². The first-order valence-corrected chi connectivity index (χ1v) is 14.2. The van der Waals surface area contributed by atoms with Gasteiger partial charge in [0.25, 0.3) is 0 Å². The standard InChI is InChI=1S/C21H21OS.AsF6/c1-16-14-20(15-17(2)21(16)22-3)23(18-10-6-4-7-11-18)19-12-8-5-9-13-19;2-1(3,4,5,6)7/h4-15H,1-3H3;/q+1;-1. The Kier molecular flexibility index (Phi) is 6.65. The SMILES string of the molecule is COc1c(C)cc([S+](c2ccccc2)c2ccccc2)cc1C.F[As-](F)(F)(F)(F)F. The third-order valence-corrected chi connectivity index (χ3v) is 6.03. The Hall–Kier alpha value is -2.05. The van der Waals surface area contributed by atoms with Crippen molar-refractivity contribution in [3.05, 3.63) is 83.9 Å². The predicted molar refractivity (Wildman–Crippen MR) is 110 cm³/mol. The minimum atomic E-state index is -11.1. The van der Waals surface area contributed by atoms with Crippen molar-refractivity contribution in [2.45, 2.75) is 28.5 Å². The molecule has 0 unspecified atom stereocenters. The predicted octanol–water partition coefficient (Wildman–Crippen LogP) is 7.55. The summed E-state index contributed by atoms with van der Waals surface area (Å²) in [6.07, 6.45) is 0. The summed E-state index contributed by atoms with van der Waals surface area (Å²) in [4.78, 5) is 4.00. The summed E-state index contributed by atoms with van der Waals surface area (Å²) in [6.45, 7) is 4.24. The zero-order chi connectivity index (χ0) is 22.6. The van der Waals surface area contributed by atoms with E-state index in [1.54, 1.807) is 7.11 Å². The molecule has 0 heterocycles. The fourth-order valence-corrected chi connectivity index (χ4v) is 5.14. The van der Waals surface area contributed by atoms with Crippen LogP contribution in [0.4, 0.5) is 20.8 Å². The maximum atomic E-state index is 9.91. The van der Waals surface area contributed by atoms with Crippen LogP contribution in [0.25, 0.3) is 0 Å². The number of hydrogen-bond donors (Lipinski definition) is 0. The second-order valence-corrected chi connectivity index (χ2v) is 12.5. The third-order valence-electron chi connectivity index (χ3n) is 3.83. The second kappa shape index (κ2) is 8.23. The average Bonchev–Trinajstić information content (AvgIpc) is 2.61. The van der Waals surface area contributed by atoms with E-state index in [1.165, 1.54) is 25.8 Å². The number of ether oxygens (including phenoxy) is 1. The van der Waals surface area contributed by atoms with Gasteiger partial charge in [0.1, 0.15) is 5.75 Å². The molecule has 0 atom stereocenters. The van der Waals surface area contributed by atoms with Gasteiger partial charge in [-0.3, -0.25) is 0 Å². The normalized spacial score (nSPS) is 13.7. The average molecular weight is 510 g/mol. The van der Waals surface area contributed by atoms with Gasteiger partial charge in [0.15, 0.2) is 14.7 Å². The summed E-state index contributed by atoms with van der Waals surface area (Å²) in [7, 11) is 1.64. The fraction of sp³-hybridized carbons (Fsp3) is 0.143. The van der Waals surface area contributed by atoms with Crippen LogP contribution in [0, 0.1) is 13.8 Å². The van der Waals surface area contributed by atoms with Gasteiger partial charge in [-0.2, -0.15) is 0 Å². The second-order valence-electron chi connectivity index (χ2n) is 6.48. The third kappa shape index (κ3) is 8.36. The summed E-state index contributed by atoms with van der Waals surface area (Å²) in [5, 5.41) is 0. The number of rotatable bonds is 4. The van der Waals surface area contributed by atoms with Gasteiger partial charge < -0.3 is 4.74 Å². The maximum absolute atomic E-state index is 11.1. The molecule has 0 bridgehead atoms. The number of aryl methyl sites for hydroxylation is 2. The number of hydrogen-bond acceptors (Lipinski definition) is 1. The fourth-order valence-electron chi connectivity index (χ4n) is 2.87. The number of methoxy groups -OCH3 is 1. The van der Waals surface area contributed by atoms with Crippen molar-refractivity contribution in [2.75, 3.05) is 7.11 Å². The molecular formula is C21H21AsF6OS. The van der Waals surface area contributed by atoms with Crippen LogP contribution in [0.15, 0.2) is 87.5 Å². The molecule has 0 aliphatic carbocycles. The van der Waals surface area contributed by atoms with Gasteiger partial charge in [-0.15, -0.1) is 0 Å². The molecule has 0 aliphatic heterocycles. The van der Waals surface area contributed by atoms with E-state index in [-0.39, 0.29) is 10.9 Å². The monoisotopic (exact) mass is 510 g/mol. The summed E-state index contributed by atoms with van der Waals surface area (Å²) in [5.41, 5.74) is 2.37. The van der Waals surface area contributed by atoms with E-state index in [9.17, 15) is 20.8 Å². The van der Waals surface area contributed by atoms with Gasteiger partial charge in [-0.25, -0.2) is 0 Å². The van der Waals surface area contributed by atoms with E-state index >= 15 is 0 Å². The van der Waals surface area contributed by atoms with Crippen LogP contribution in [0.3, 0.4) is 0 Å². The van der Waals surface area contributed by atoms with Crippen LogP contribution < -0.4 is 4.74 Å². The van der Waals surface area contributed by atoms with Gasteiger partial charge in [0.05, 0.1) is 18.0 Å². The first-order valence-electron chi connectivity index (χ1n) is 8.71. The van der Waals surface area contributed by atoms with Crippen LogP contribution in [0.5, 0.6) is 5.75 Å². The topological polar surface area (TPSA) is 9.23 Å². The van der Waals surface area contributed by atoms with Crippen molar-refractivity contribution in [1.29, 1.82) is 0 Å². The van der Waals surface area contributed by atoms with Gasteiger partial charge >= 0.3 is 35.0 Å². The van der Waals surface area contributed by atoms with Crippen molar-refractivity contribution >= 4 is 25.1 Å². The van der Waals surface area contributed by atoms with Gasteiger partial charge in [0.2, 0.25) is 0 Å². The Bertz CT molecular complexity index is 919. The summed E-state index contributed by atoms with van der Waals surface area (Å²) >= 11 is -11.1. The van der Waals surface area contributed by atoms with Crippen molar-refractivity contribution in [3.63, 3.8) is 0 Å². The van der Waals surface area contributed by atoms with Gasteiger partial charge in [-0.1, -0.05) is 36.4 Å². The Morgan fingerprint density at radius 1 is 0.633 bits per heavy atom. The summed E-state index contributed by atoms with van der Waals surface area (Å²) in [6, 6.07) is 26.0. The molecule has 3 aromatic rings. The van der Waals surface area contributed by atoms with Crippen LogP contribution in [-0.2, 0) is 10.9 Å². The van der Waals surface area contributed by atoms with Crippen LogP contribution >= 0.6 is 0 Å². The molecular weight excluding hydrogens is 489 g/mol. The Morgan fingerprint density at radius 3 is 1.27 bits per heavy atom. The van der Waals surface area contributed by atoms with E-state index in [0.29, 0.717) is 0 Å². The first-order chi connectivity index (χ1) is 13.7. The molecule has 0 fully saturated rings. The first kappa shape index (κ1) is 24.2. The molecule has 3 aromatic carbocycles. The van der Waals surface area contributed by atoms with Crippen molar-refractivity contribution < 1.29 is 25.5 Å². The molecule has 164 valence electrons. The molecule has 0 spiro atoms. The molecule has 1 nitrogen and oxygen atoms in total. The quantitative estimate of drug-likeness (QED) is 0.200. The molecule has 0 N–H and O–H groups in total. The molecule has 0 aromatic heterocycles. The van der Waals surface area contributed by atoms with Gasteiger partial charge in [0, 0.05) is 12.1 Å². The Morgan fingerprint density at radius 2 is 0.967 bits per heavy atom. The van der Waals surface area contributed by atoms with E-state index < -0.39 is 14.2 Å². The molecule has 0 radical (unpaired) electrons. The Balaban J connectivity index is 0.000000396. The van der Waals surface area contributed by atoms with E-state index in [1.807, 2.05) is 0 Å². The van der Waals surface area contributed by atoms with Crippen LogP contribution in [0.1, 0.15) is 11.1 Å². The van der Waals surface area contributed by atoms with E-state index in [2.05, 4.69) is 86.6 Å². The van der Waals surface area contributed by atoms with Crippen molar-refractivity contribution in [2.24, 2.45) is 0 Å². The Labute approximate surface area is 175 Å². The molecule has 0 amide bonds. The molecule has 9 heteroatoms. The molecule has 0 aliphatic rings. The van der Waals surface area contributed by atoms with Crippen molar-refractivity contribution in [3.8, 4) is 5.75 Å². The molecule has 0 saturated heterocycles. The van der Waals surface area contributed by atoms with Gasteiger partial charge in [-0.05, 0) is 49.2 Å². The summed E-state index contributed by atoms with van der Waals surface area (Å²) < 4.78 is 65.0. The zero-order valence-corrected chi connectivity index (χ0v) is 19.2. The molecule has 0 saturated carbocycles. The van der Waals surface area contributed by atoms with Crippen LogP contribution in [-0.4, -0.2) is 21.3 Å².